The lowest BCUT2D eigenvalue weighted by molar-refractivity contribution is -0.144. The van der Waals surface area contributed by atoms with Crippen molar-refractivity contribution in [2.45, 2.75) is 51.0 Å². The normalized spacial score (nSPS) is 24.3. The summed E-state index contributed by atoms with van der Waals surface area (Å²) in [5, 5.41) is 45.7. The first-order valence-corrected chi connectivity index (χ1v) is 13.5. The summed E-state index contributed by atoms with van der Waals surface area (Å²) in [5.74, 6) is -6.43. The highest BCUT2D eigenvalue weighted by Crippen LogP contribution is 2.53. The van der Waals surface area contributed by atoms with Gasteiger partial charge in [-0.15, -0.1) is 0 Å². The van der Waals surface area contributed by atoms with Gasteiger partial charge in [0, 0.05) is 40.6 Å². The molecular formula is C32H30N2O7. The van der Waals surface area contributed by atoms with Crippen molar-refractivity contribution < 1.29 is 34.8 Å². The van der Waals surface area contributed by atoms with Crippen LogP contribution in [0.25, 0.3) is 22.0 Å². The Hall–Kier alpha value is -4.50. The number of benzene rings is 2. The molecule has 3 aliphatic carbocycles. The third-order valence-corrected chi connectivity index (χ3v) is 8.77. The number of rotatable bonds is 2. The number of carbonyl (C=O) groups is 3. The van der Waals surface area contributed by atoms with Crippen molar-refractivity contribution in [3.63, 3.8) is 0 Å². The van der Waals surface area contributed by atoms with Gasteiger partial charge in [0.15, 0.2) is 11.4 Å². The summed E-state index contributed by atoms with van der Waals surface area (Å²) in [4.78, 5) is 43.9. The molecular weight excluding hydrogens is 524 g/mol. The Morgan fingerprint density at radius 2 is 1.78 bits per heavy atom. The predicted octanol–water partition coefficient (Wildman–Crippen LogP) is 4.09. The van der Waals surface area contributed by atoms with Crippen LogP contribution in [0.2, 0.25) is 0 Å². The zero-order valence-corrected chi connectivity index (χ0v) is 22.9. The molecule has 0 unspecified atom stereocenters. The summed E-state index contributed by atoms with van der Waals surface area (Å²) in [6, 6.07) is 11.5. The van der Waals surface area contributed by atoms with Crippen molar-refractivity contribution in [2.75, 3.05) is 0 Å². The van der Waals surface area contributed by atoms with Crippen LogP contribution in [-0.2, 0) is 21.4 Å². The van der Waals surface area contributed by atoms with E-state index in [1.165, 1.54) is 0 Å². The number of aromatic hydroxyl groups is 1. The number of primary amides is 1. The number of fused-ring (bicyclic) bond motifs is 4. The fourth-order valence-electron chi connectivity index (χ4n) is 6.73. The topological polar surface area (TPSA) is 171 Å². The number of aliphatic hydroxyl groups excluding tert-OH is 2. The molecule has 6 N–H and O–H groups in total. The van der Waals surface area contributed by atoms with Crippen LogP contribution in [0.15, 0.2) is 65.3 Å². The quantitative estimate of drug-likeness (QED) is 0.295. The monoisotopic (exact) mass is 554 g/mol. The molecule has 3 aromatic rings. The SMILES string of the molecule is CC(C)(C)c1cc(-c2cnc3ccccc3c2)c2c(c1O)C(=O)C1=C(O)[C@]3(O)C(=O)C(C(N)=O)=C(O)C[C@@H]3C[C@@H]1C2. The van der Waals surface area contributed by atoms with Gasteiger partial charge in [-0.2, -0.15) is 0 Å². The first kappa shape index (κ1) is 26.7. The highest BCUT2D eigenvalue weighted by Gasteiger charge is 2.59. The number of para-hydroxylation sites is 1. The standard InChI is InChI=1S/C32H30N2O7/c1-31(2,3)20-12-18(16-8-14-6-4-5-7-21(14)34-13-16)19-10-15-9-17-11-22(35)25(30(33)40)29(39)32(17,41)28(38)23(15)27(37)24(19)26(20)36/h4-8,12-13,15,17,35-36,38,41H,9-11H2,1-3H3,(H2,33,40)/t15-,17+,32+/m1/s1. The van der Waals surface area contributed by atoms with E-state index in [1.54, 1.807) is 6.20 Å². The van der Waals surface area contributed by atoms with E-state index in [-0.39, 0.29) is 36.1 Å². The van der Waals surface area contributed by atoms with Gasteiger partial charge in [-0.3, -0.25) is 19.4 Å². The van der Waals surface area contributed by atoms with Crippen LogP contribution >= 0.6 is 0 Å². The van der Waals surface area contributed by atoms with Gasteiger partial charge < -0.3 is 26.2 Å². The summed E-state index contributed by atoms with van der Waals surface area (Å²) in [7, 11) is 0. The van der Waals surface area contributed by atoms with Gasteiger partial charge in [0.25, 0.3) is 5.91 Å². The number of nitrogens with zero attached hydrogens (tertiary/aromatic N) is 1. The number of hydrogen-bond donors (Lipinski definition) is 5. The molecule has 1 heterocycles. The molecule has 210 valence electrons. The second-order valence-corrected chi connectivity index (χ2v) is 12.3. The van der Waals surface area contributed by atoms with Crippen molar-refractivity contribution in [3.05, 3.63) is 81.9 Å². The number of nitrogens with two attached hydrogens (primary N) is 1. The van der Waals surface area contributed by atoms with Crippen molar-refractivity contribution in [2.24, 2.45) is 17.6 Å². The van der Waals surface area contributed by atoms with Crippen LogP contribution in [0.4, 0.5) is 0 Å². The molecule has 0 fully saturated rings. The molecule has 9 nitrogen and oxygen atoms in total. The highest BCUT2D eigenvalue weighted by atomic mass is 16.3. The minimum absolute atomic E-state index is 0.00259. The Morgan fingerprint density at radius 3 is 2.46 bits per heavy atom. The van der Waals surface area contributed by atoms with Gasteiger partial charge in [0.2, 0.25) is 5.78 Å². The van der Waals surface area contributed by atoms with E-state index in [1.807, 2.05) is 57.2 Å². The van der Waals surface area contributed by atoms with Crippen molar-refractivity contribution in [3.8, 4) is 16.9 Å². The summed E-state index contributed by atoms with van der Waals surface area (Å²) in [6.45, 7) is 5.72. The van der Waals surface area contributed by atoms with E-state index >= 15 is 0 Å². The van der Waals surface area contributed by atoms with Crippen LogP contribution in [0.5, 0.6) is 5.75 Å². The molecule has 1 aromatic heterocycles. The number of amides is 1. The molecule has 1 amide bonds. The van der Waals surface area contributed by atoms with Gasteiger partial charge >= 0.3 is 0 Å². The molecule has 0 spiro atoms. The number of pyridine rings is 1. The third kappa shape index (κ3) is 3.72. The fraction of sp³-hybridized carbons (Fsp3) is 0.312. The predicted molar refractivity (Wildman–Crippen MR) is 150 cm³/mol. The fourth-order valence-corrected chi connectivity index (χ4v) is 6.73. The van der Waals surface area contributed by atoms with E-state index in [2.05, 4.69) is 4.98 Å². The number of aromatic nitrogens is 1. The molecule has 3 atom stereocenters. The Balaban J connectivity index is 1.59. The molecule has 0 aliphatic heterocycles. The minimum atomic E-state index is -2.60. The van der Waals surface area contributed by atoms with Gasteiger partial charge in [-0.1, -0.05) is 39.0 Å². The molecule has 0 saturated carbocycles. The van der Waals surface area contributed by atoms with Crippen LogP contribution < -0.4 is 5.73 Å². The lowest BCUT2D eigenvalue weighted by Crippen LogP contribution is -2.57. The Kier molecular flexibility index (Phi) is 5.70. The molecule has 2 aromatic carbocycles. The number of phenolic OH excluding ortho intramolecular Hbond substituents is 1. The third-order valence-electron chi connectivity index (χ3n) is 8.77. The van der Waals surface area contributed by atoms with E-state index in [4.69, 9.17) is 5.73 Å². The maximum atomic E-state index is 14.2. The number of allylic oxidation sites excluding steroid dienone is 2. The Morgan fingerprint density at radius 1 is 1.07 bits per heavy atom. The molecule has 0 radical (unpaired) electrons. The number of hydrogen-bond acceptors (Lipinski definition) is 8. The second kappa shape index (κ2) is 8.75. The largest absolute Gasteiger partial charge is 0.511 e. The van der Waals surface area contributed by atoms with Crippen LogP contribution in [0.1, 0.15) is 55.1 Å². The van der Waals surface area contributed by atoms with Gasteiger partial charge in [-0.05, 0) is 53.5 Å². The number of phenols is 1. The average Bonchev–Trinajstić information content (AvgIpc) is 2.89. The second-order valence-electron chi connectivity index (χ2n) is 12.3. The molecule has 6 rings (SSSR count). The van der Waals surface area contributed by atoms with Crippen molar-refractivity contribution >= 4 is 28.4 Å². The smallest absolute Gasteiger partial charge is 0.255 e. The number of ketones is 2. The van der Waals surface area contributed by atoms with Crippen molar-refractivity contribution in [1.29, 1.82) is 0 Å². The molecule has 9 heteroatoms. The lowest BCUT2D eigenvalue weighted by atomic mass is 9.59. The summed E-state index contributed by atoms with van der Waals surface area (Å²) in [5.41, 5.74) is 4.50. The highest BCUT2D eigenvalue weighted by molar-refractivity contribution is 6.24. The van der Waals surface area contributed by atoms with Crippen molar-refractivity contribution in [1.82, 2.24) is 4.98 Å². The summed E-state index contributed by atoms with van der Waals surface area (Å²) in [6.07, 6.45) is 1.74. The lowest BCUT2D eigenvalue weighted by Gasteiger charge is -2.46. The van der Waals surface area contributed by atoms with E-state index in [0.717, 1.165) is 16.5 Å². The van der Waals surface area contributed by atoms with Crippen LogP contribution in [0, 0.1) is 11.8 Å². The number of aliphatic hydroxyl groups is 3. The molecule has 41 heavy (non-hydrogen) atoms. The van der Waals surface area contributed by atoms with Gasteiger partial charge in [0.1, 0.15) is 22.8 Å². The summed E-state index contributed by atoms with van der Waals surface area (Å²) < 4.78 is 0. The zero-order valence-electron chi connectivity index (χ0n) is 22.9. The number of carbonyl (C=O) groups excluding carboxylic acids is 3. The van der Waals surface area contributed by atoms with Gasteiger partial charge in [-0.25, -0.2) is 0 Å². The zero-order chi connectivity index (χ0) is 29.6. The molecule has 0 saturated heterocycles. The first-order valence-electron chi connectivity index (χ1n) is 13.5. The van der Waals surface area contributed by atoms with Gasteiger partial charge in [0.05, 0.1) is 11.1 Å². The molecule has 0 bridgehead atoms. The van der Waals surface area contributed by atoms with Crippen LogP contribution in [0.3, 0.4) is 0 Å². The Bertz CT molecular complexity index is 1780. The summed E-state index contributed by atoms with van der Waals surface area (Å²) >= 11 is 0. The van der Waals surface area contributed by atoms with E-state index in [9.17, 15) is 34.8 Å². The van der Waals surface area contributed by atoms with E-state index in [0.29, 0.717) is 16.7 Å². The van der Waals surface area contributed by atoms with E-state index < -0.39 is 57.4 Å². The average molecular weight is 555 g/mol. The number of Topliss-reactive ketones (excluding diaryl/α,β-unsaturated/α-hetero) is 2. The Labute approximate surface area is 235 Å². The molecule has 3 aliphatic rings. The minimum Gasteiger partial charge on any atom is -0.511 e. The maximum absolute atomic E-state index is 14.2. The maximum Gasteiger partial charge on any atom is 0.255 e. The first-order chi connectivity index (χ1) is 19.2. The van der Waals surface area contributed by atoms with Crippen LogP contribution in [-0.4, -0.2) is 48.5 Å².